The molecule has 1 aromatic heterocycles. The maximum Gasteiger partial charge on any atom is 0.359 e. The molecule has 0 saturated carbocycles. The minimum atomic E-state index is -0.295. The van der Waals surface area contributed by atoms with Gasteiger partial charge in [0.1, 0.15) is 0 Å². The van der Waals surface area contributed by atoms with Crippen molar-refractivity contribution in [2.45, 2.75) is 38.3 Å². The number of nitrogens with zero attached hydrogens (tertiary/aromatic N) is 2. The van der Waals surface area contributed by atoms with E-state index in [-0.39, 0.29) is 12.0 Å². The summed E-state index contributed by atoms with van der Waals surface area (Å²) in [7, 11) is 1.91. The van der Waals surface area contributed by atoms with Gasteiger partial charge in [0.15, 0.2) is 5.69 Å². The third-order valence-corrected chi connectivity index (χ3v) is 3.70. The SMILES string of the molecule is CCOC(=O)c1nn(C)c2c1[C@H]1CC[C@@H](C2)N1. The Bertz CT molecular complexity index is 467. The zero-order valence-corrected chi connectivity index (χ0v) is 10.2. The lowest BCUT2D eigenvalue weighted by Crippen LogP contribution is -2.33. The number of rotatable bonds is 2. The number of aromatic nitrogens is 2. The normalized spacial score (nSPS) is 25.8. The fourth-order valence-corrected chi connectivity index (χ4v) is 2.97. The predicted molar refractivity (Wildman–Crippen MR) is 61.8 cm³/mol. The van der Waals surface area contributed by atoms with Gasteiger partial charge in [0.05, 0.1) is 6.61 Å². The minimum Gasteiger partial charge on any atom is -0.461 e. The summed E-state index contributed by atoms with van der Waals surface area (Å²) in [4.78, 5) is 11.9. The van der Waals surface area contributed by atoms with E-state index in [2.05, 4.69) is 10.4 Å². The molecular weight excluding hydrogens is 218 g/mol. The van der Waals surface area contributed by atoms with Crippen LogP contribution in [0.4, 0.5) is 0 Å². The van der Waals surface area contributed by atoms with Gasteiger partial charge >= 0.3 is 5.97 Å². The Labute approximate surface area is 100 Å². The van der Waals surface area contributed by atoms with Gasteiger partial charge in [-0.3, -0.25) is 4.68 Å². The average Bonchev–Trinajstić information content (AvgIpc) is 2.83. The van der Waals surface area contributed by atoms with Crippen molar-refractivity contribution < 1.29 is 9.53 Å². The first-order valence-electron chi connectivity index (χ1n) is 6.19. The van der Waals surface area contributed by atoms with Gasteiger partial charge in [0.2, 0.25) is 0 Å². The fraction of sp³-hybridized carbons (Fsp3) is 0.667. The lowest BCUT2D eigenvalue weighted by Gasteiger charge is -2.22. The van der Waals surface area contributed by atoms with E-state index in [9.17, 15) is 4.79 Å². The highest BCUT2D eigenvalue weighted by molar-refractivity contribution is 5.89. The molecule has 0 aromatic carbocycles. The van der Waals surface area contributed by atoms with Crippen molar-refractivity contribution in [2.24, 2.45) is 7.05 Å². The zero-order valence-electron chi connectivity index (χ0n) is 10.2. The monoisotopic (exact) mass is 235 g/mol. The molecule has 1 fully saturated rings. The van der Waals surface area contributed by atoms with Crippen molar-refractivity contribution in [3.05, 3.63) is 17.0 Å². The largest absolute Gasteiger partial charge is 0.461 e. The number of hydrogen-bond acceptors (Lipinski definition) is 4. The lowest BCUT2D eigenvalue weighted by molar-refractivity contribution is 0.0516. The molecule has 1 saturated heterocycles. The van der Waals surface area contributed by atoms with E-state index in [1.165, 1.54) is 12.1 Å². The maximum absolute atomic E-state index is 11.9. The van der Waals surface area contributed by atoms with Gasteiger partial charge in [-0.2, -0.15) is 5.10 Å². The van der Waals surface area contributed by atoms with Crippen molar-refractivity contribution in [1.82, 2.24) is 15.1 Å². The Kier molecular flexibility index (Phi) is 2.43. The number of aryl methyl sites for hydroxylation is 1. The smallest absolute Gasteiger partial charge is 0.359 e. The second-order valence-corrected chi connectivity index (χ2v) is 4.75. The summed E-state index contributed by atoms with van der Waals surface area (Å²) in [5.74, 6) is -0.295. The topological polar surface area (TPSA) is 56.1 Å². The van der Waals surface area contributed by atoms with Gasteiger partial charge in [0.25, 0.3) is 0 Å². The molecule has 0 unspecified atom stereocenters. The summed E-state index contributed by atoms with van der Waals surface area (Å²) >= 11 is 0. The first kappa shape index (κ1) is 10.8. The standard InChI is InChI=1S/C12H17N3O2/c1-3-17-12(16)11-10-8-5-4-7(13-8)6-9(10)15(2)14-11/h7-8,13H,3-6H2,1-2H3/t7-,8+/m0/s1. The van der Waals surface area contributed by atoms with Crippen molar-refractivity contribution in [2.75, 3.05) is 6.61 Å². The van der Waals surface area contributed by atoms with E-state index in [1.807, 2.05) is 18.7 Å². The molecule has 5 heteroatoms. The second-order valence-electron chi connectivity index (χ2n) is 4.75. The van der Waals surface area contributed by atoms with Crippen LogP contribution in [0, 0.1) is 0 Å². The van der Waals surface area contributed by atoms with E-state index in [4.69, 9.17) is 4.74 Å². The quantitative estimate of drug-likeness (QED) is 0.775. The molecule has 0 spiro atoms. The summed E-state index contributed by atoms with van der Waals surface area (Å²) in [6.45, 7) is 2.21. The fourth-order valence-electron chi connectivity index (χ4n) is 2.97. The third-order valence-electron chi connectivity index (χ3n) is 3.70. The number of nitrogens with one attached hydrogen (secondary N) is 1. The van der Waals surface area contributed by atoms with Gasteiger partial charge in [0, 0.05) is 36.8 Å². The number of carbonyl (C=O) groups is 1. The number of ether oxygens (including phenoxy) is 1. The maximum atomic E-state index is 11.9. The molecule has 3 rings (SSSR count). The van der Waals surface area contributed by atoms with Crippen LogP contribution in [0.2, 0.25) is 0 Å². The van der Waals surface area contributed by atoms with Crippen LogP contribution in [-0.2, 0) is 18.2 Å². The Morgan fingerprint density at radius 1 is 1.59 bits per heavy atom. The van der Waals surface area contributed by atoms with Gasteiger partial charge < -0.3 is 10.1 Å². The van der Waals surface area contributed by atoms with Crippen molar-refractivity contribution in [3.63, 3.8) is 0 Å². The summed E-state index contributed by atoms with van der Waals surface area (Å²) in [5.41, 5.74) is 2.77. The van der Waals surface area contributed by atoms with Crippen LogP contribution in [0.1, 0.15) is 47.6 Å². The van der Waals surface area contributed by atoms with Crippen LogP contribution in [0.5, 0.6) is 0 Å². The zero-order chi connectivity index (χ0) is 12.0. The highest BCUT2D eigenvalue weighted by Crippen LogP contribution is 2.37. The van der Waals surface area contributed by atoms with Crippen LogP contribution in [0.3, 0.4) is 0 Å². The molecule has 17 heavy (non-hydrogen) atoms. The Morgan fingerprint density at radius 2 is 2.41 bits per heavy atom. The van der Waals surface area contributed by atoms with Gasteiger partial charge in [-0.1, -0.05) is 0 Å². The Hall–Kier alpha value is -1.36. The molecule has 2 atom stereocenters. The van der Waals surface area contributed by atoms with Crippen LogP contribution in [0.15, 0.2) is 0 Å². The third kappa shape index (κ3) is 1.57. The van der Waals surface area contributed by atoms with Gasteiger partial charge in [-0.15, -0.1) is 0 Å². The number of carbonyl (C=O) groups excluding carboxylic acids is 1. The second kappa shape index (κ2) is 3.84. The highest BCUT2D eigenvalue weighted by atomic mass is 16.5. The number of hydrogen-bond donors (Lipinski definition) is 1. The van der Waals surface area contributed by atoms with Crippen molar-refractivity contribution in [1.29, 1.82) is 0 Å². The molecule has 0 radical (unpaired) electrons. The summed E-state index contributed by atoms with van der Waals surface area (Å²) in [6, 6.07) is 0.842. The minimum absolute atomic E-state index is 0.289. The lowest BCUT2D eigenvalue weighted by atomic mass is 9.99. The Balaban J connectivity index is 2.04. The van der Waals surface area contributed by atoms with Crippen LogP contribution in [0.25, 0.3) is 0 Å². The summed E-state index contributed by atoms with van der Waals surface area (Å²) < 4.78 is 6.91. The molecule has 1 aromatic rings. The number of fused-ring (bicyclic) bond motifs is 4. The molecule has 3 heterocycles. The first-order chi connectivity index (χ1) is 8.20. The van der Waals surface area contributed by atoms with E-state index in [0.717, 1.165) is 18.4 Å². The van der Waals surface area contributed by atoms with Crippen LogP contribution < -0.4 is 5.32 Å². The first-order valence-corrected chi connectivity index (χ1v) is 6.19. The van der Waals surface area contributed by atoms with Crippen LogP contribution >= 0.6 is 0 Å². The molecule has 2 bridgehead atoms. The van der Waals surface area contributed by atoms with Crippen molar-refractivity contribution >= 4 is 5.97 Å². The molecular formula is C12H17N3O2. The molecule has 0 amide bonds. The van der Waals surface area contributed by atoms with Gasteiger partial charge in [-0.25, -0.2) is 4.79 Å². The van der Waals surface area contributed by atoms with Gasteiger partial charge in [-0.05, 0) is 19.8 Å². The van der Waals surface area contributed by atoms with E-state index in [0.29, 0.717) is 18.3 Å². The highest BCUT2D eigenvalue weighted by Gasteiger charge is 2.38. The van der Waals surface area contributed by atoms with E-state index in [1.54, 1.807) is 0 Å². The van der Waals surface area contributed by atoms with Crippen LogP contribution in [-0.4, -0.2) is 28.4 Å². The van der Waals surface area contributed by atoms with E-state index < -0.39 is 0 Å². The van der Waals surface area contributed by atoms with Crippen molar-refractivity contribution in [3.8, 4) is 0 Å². The Morgan fingerprint density at radius 3 is 3.18 bits per heavy atom. The molecule has 5 nitrogen and oxygen atoms in total. The predicted octanol–water partition coefficient (Wildman–Crippen LogP) is 0.946. The molecule has 2 aliphatic rings. The molecule has 92 valence electrons. The molecule has 1 N–H and O–H groups in total. The summed E-state index contributed by atoms with van der Waals surface area (Å²) in [5, 5.41) is 7.87. The average molecular weight is 235 g/mol. The summed E-state index contributed by atoms with van der Waals surface area (Å²) in [6.07, 6.45) is 3.24. The molecule has 2 aliphatic heterocycles. The molecule has 0 aliphatic carbocycles. The van der Waals surface area contributed by atoms with E-state index >= 15 is 0 Å². The number of esters is 1.